The van der Waals surface area contributed by atoms with Gasteiger partial charge in [0.1, 0.15) is 16.7 Å². The van der Waals surface area contributed by atoms with Crippen molar-refractivity contribution < 1.29 is 45.6 Å². The van der Waals surface area contributed by atoms with Crippen molar-refractivity contribution in [1.82, 2.24) is 9.21 Å². The second-order valence-corrected chi connectivity index (χ2v) is 15.7. The lowest BCUT2D eigenvalue weighted by atomic mass is 9.76. The van der Waals surface area contributed by atoms with E-state index in [2.05, 4.69) is 4.99 Å². The normalized spacial score (nSPS) is 23.3. The minimum Gasteiger partial charge on any atom is -0.443 e. The van der Waals surface area contributed by atoms with Gasteiger partial charge in [-0.15, -0.1) is 4.90 Å². The molecule has 15 heteroatoms. The fourth-order valence-electron chi connectivity index (χ4n) is 4.20. The molecule has 0 unspecified atom stereocenters. The van der Waals surface area contributed by atoms with Gasteiger partial charge in [0, 0.05) is 12.6 Å². The first kappa shape index (κ1) is 33.7. The maximum Gasteiger partial charge on any atom is 0.494 e. The molecule has 2 amide bonds. The van der Waals surface area contributed by atoms with Gasteiger partial charge in [0.2, 0.25) is 16.0 Å². The Kier molecular flexibility index (Phi) is 8.38. The molecular formula is C27H40BF2N3O8S. The summed E-state index contributed by atoms with van der Waals surface area (Å²) in [5.41, 5.74) is -6.16. The third-order valence-electron chi connectivity index (χ3n) is 7.02. The standard InChI is InChI=1S/C27H40BF2N3O8S/c1-23(2,3)38-21(34)33(22(35)39-24(4,5)6)20-31-27(11,15-42(36,37)32(20)12)17-13-16(14-18(29)19(17)30)28-40-25(7,8)26(9,10)41-28/h13-14H,15H2,1-12H3/t27-/m0/s1. The van der Waals surface area contributed by atoms with Crippen LogP contribution >= 0.6 is 0 Å². The predicted octanol–water partition coefficient (Wildman–Crippen LogP) is 4.28. The predicted molar refractivity (Wildman–Crippen MR) is 153 cm³/mol. The molecule has 0 aliphatic carbocycles. The lowest BCUT2D eigenvalue weighted by Crippen LogP contribution is -2.58. The van der Waals surface area contributed by atoms with E-state index in [0.717, 1.165) is 13.1 Å². The number of guanidine groups is 1. The highest BCUT2D eigenvalue weighted by atomic mass is 32.2. The Morgan fingerprint density at radius 3 is 1.83 bits per heavy atom. The van der Waals surface area contributed by atoms with Crippen molar-refractivity contribution in [2.24, 2.45) is 4.99 Å². The minimum atomic E-state index is -4.37. The van der Waals surface area contributed by atoms with E-state index in [0.29, 0.717) is 9.21 Å². The van der Waals surface area contributed by atoms with Gasteiger partial charge in [0.05, 0.1) is 17.0 Å². The van der Waals surface area contributed by atoms with Crippen molar-refractivity contribution in [1.29, 1.82) is 0 Å². The van der Waals surface area contributed by atoms with Gasteiger partial charge in [0.25, 0.3) is 0 Å². The summed E-state index contributed by atoms with van der Waals surface area (Å²) in [5.74, 6) is -4.18. The molecule has 0 spiro atoms. The van der Waals surface area contributed by atoms with Gasteiger partial charge in [0.15, 0.2) is 11.6 Å². The highest BCUT2D eigenvalue weighted by molar-refractivity contribution is 7.89. The van der Waals surface area contributed by atoms with Crippen LogP contribution in [0.5, 0.6) is 0 Å². The van der Waals surface area contributed by atoms with Crippen molar-refractivity contribution in [3.05, 3.63) is 29.3 Å². The molecule has 0 radical (unpaired) electrons. The second kappa shape index (κ2) is 10.4. The number of carbonyl (C=O) groups is 2. The van der Waals surface area contributed by atoms with Crippen LogP contribution in [-0.2, 0) is 34.3 Å². The van der Waals surface area contributed by atoms with Crippen molar-refractivity contribution in [3.8, 4) is 0 Å². The topological polar surface area (TPSA) is 124 Å². The molecule has 42 heavy (non-hydrogen) atoms. The number of nitrogens with zero attached hydrogens (tertiary/aromatic N) is 3. The molecule has 0 aromatic heterocycles. The summed E-state index contributed by atoms with van der Waals surface area (Å²) in [4.78, 5) is 31.3. The number of ether oxygens (including phenoxy) is 2. The van der Waals surface area contributed by atoms with Gasteiger partial charge in [-0.05, 0) is 87.7 Å². The molecule has 1 atom stereocenters. The molecule has 2 aliphatic rings. The lowest BCUT2D eigenvalue weighted by molar-refractivity contribution is 0.00578. The van der Waals surface area contributed by atoms with Crippen LogP contribution in [0.15, 0.2) is 17.1 Å². The number of imide groups is 1. The Bertz CT molecular complexity index is 1380. The average molecular weight is 616 g/mol. The Morgan fingerprint density at radius 1 is 0.952 bits per heavy atom. The van der Waals surface area contributed by atoms with Crippen LogP contribution in [-0.4, -0.2) is 78.1 Å². The summed E-state index contributed by atoms with van der Waals surface area (Å²) < 4.78 is 80.8. The number of halogens is 2. The second-order valence-electron chi connectivity index (χ2n) is 13.7. The molecule has 1 saturated heterocycles. The fourth-order valence-corrected chi connectivity index (χ4v) is 5.69. The maximum atomic E-state index is 15.5. The molecule has 2 heterocycles. The number of aliphatic imine (C=N–C) groups is 1. The number of hydrogen-bond acceptors (Lipinski definition) is 9. The first-order valence-corrected chi connectivity index (χ1v) is 15.0. The van der Waals surface area contributed by atoms with Gasteiger partial charge in [-0.25, -0.2) is 36.1 Å². The van der Waals surface area contributed by atoms with Gasteiger partial charge >= 0.3 is 19.3 Å². The van der Waals surface area contributed by atoms with E-state index in [1.54, 1.807) is 69.2 Å². The molecule has 0 saturated carbocycles. The fraction of sp³-hybridized carbons (Fsp3) is 0.667. The monoisotopic (exact) mass is 615 g/mol. The van der Waals surface area contributed by atoms with Crippen molar-refractivity contribution in [3.63, 3.8) is 0 Å². The Balaban J connectivity index is 2.24. The lowest BCUT2D eigenvalue weighted by Gasteiger charge is -2.39. The molecule has 1 fully saturated rings. The number of hydrogen-bond donors (Lipinski definition) is 0. The zero-order valence-corrected chi connectivity index (χ0v) is 27.0. The van der Waals surface area contributed by atoms with Gasteiger partial charge in [-0.1, -0.05) is 6.07 Å². The van der Waals surface area contributed by atoms with Crippen molar-refractivity contribution in [2.75, 3.05) is 12.8 Å². The Hall–Kier alpha value is -2.78. The van der Waals surface area contributed by atoms with Gasteiger partial charge in [-0.2, -0.15) is 0 Å². The molecular weight excluding hydrogens is 575 g/mol. The number of benzene rings is 1. The molecule has 0 N–H and O–H groups in total. The summed E-state index contributed by atoms with van der Waals surface area (Å²) in [6.07, 6.45) is -2.56. The molecule has 1 aromatic carbocycles. The van der Waals surface area contributed by atoms with E-state index < -0.39 is 86.2 Å². The number of sulfonamides is 1. The highest BCUT2D eigenvalue weighted by Gasteiger charge is 2.53. The molecule has 234 valence electrons. The molecule has 1 aromatic rings. The van der Waals surface area contributed by atoms with E-state index in [1.807, 2.05) is 0 Å². The van der Waals surface area contributed by atoms with Gasteiger partial charge < -0.3 is 18.8 Å². The van der Waals surface area contributed by atoms with E-state index in [-0.39, 0.29) is 5.46 Å². The Morgan fingerprint density at radius 2 is 1.40 bits per heavy atom. The third-order valence-corrected chi connectivity index (χ3v) is 8.94. The number of amides is 2. The third kappa shape index (κ3) is 6.73. The quantitative estimate of drug-likeness (QED) is 0.452. The summed E-state index contributed by atoms with van der Waals surface area (Å²) in [6.45, 7) is 17.7. The van der Waals surface area contributed by atoms with E-state index in [9.17, 15) is 18.0 Å². The molecule has 11 nitrogen and oxygen atoms in total. The molecule has 2 aliphatic heterocycles. The average Bonchev–Trinajstić information content (AvgIpc) is 2.97. The molecule has 0 bridgehead atoms. The van der Waals surface area contributed by atoms with Crippen LogP contribution in [0.1, 0.15) is 81.7 Å². The van der Waals surface area contributed by atoms with Crippen LogP contribution in [0, 0.1) is 11.6 Å². The van der Waals surface area contributed by atoms with Gasteiger partial charge in [-0.3, -0.25) is 0 Å². The zero-order valence-electron chi connectivity index (χ0n) is 26.2. The number of carbonyl (C=O) groups excluding carboxylic acids is 2. The summed E-state index contributed by atoms with van der Waals surface area (Å²) in [7, 11) is -4.39. The summed E-state index contributed by atoms with van der Waals surface area (Å²) in [6, 6.07) is 2.12. The maximum absolute atomic E-state index is 15.5. The van der Waals surface area contributed by atoms with E-state index in [1.165, 1.54) is 13.0 Å². The van der Waals surface area contributed by atoms with Crippen LogP contribution in [0.3, 0.4) is 0 Å². The first-order valence-electron chi connectivity index (χ1n) is 13.4. The van der Waals surface area contributed by atoms with E-state index in [4.69, 9.17) is 18.8 Å². The van der Waals surface area contributed by atoms with Crippen LogP contribution < -0.4 is 5.46 Å². The summed E-state index contributed by atoms with van der Waals surface area (Å²) >= 11 is 0. The Labute approximate surface area is 246 Å². The summed E-state index contributed by atoms with van der Waals surface area (Å²) in [5, 5.41) is 0. The van der Waals surface area contributed by atoms with Crippen molar-refractivity contribution in [2.45, 2.75) is 104 Å². The minimum absolute atomic E-state index is 0.0907. The zero-order chi connectivity index (χ0) is 32.4. The first-order chi connectivity index (χ1) is 18.7. The van der Waals surface area contributed by atoms with Crippen LogP contribution in [0.2, 0.25) is 0 Å². The molecule has 3 rings (SSSR count). The van der Waals surface area contributed by atoms with Crippen LogP contribution in [0.25, 0.3) is 0 Å². The van der Waals surface area contributed by atoms with Crippen LogP contribution in [0.4, 0.5) is 18.4 Å². The SMILES string of the molecule is CN1C(N(C(=O)OC(C)(C)C)C(=O)OC(C)(C)C)=N[C@](C)(c2cc(B3OC(C)(C)C(C)(C)O3)cc(F)c2F)CS1(=O)=O. The highest BCUT2D eigenvalue weighted by Crippen LogP contribution is 2.39. The smallest absolute Gasteiger partial charge is 0.443 e. The van der Waals surface area contributed by atoms with E-state index >= 15 is 8.78 Å². The van der Waals surface area contributed by atoms with Crippen molar-refractivity contribution >= 4 is 40.8 Å². The number of rotatable bonds is 2. The largest absolute Gasteiger partial charge is 0.494 e.